The topological polar surface area (TPSA) is 67.2 Å². The Balaban J connectivity index is 2.41. The van der Waals surface area contributed by atoms with E-state index in [0.717, 1.165) is 42.4 Å². The molecule has 1 unspecified atom stereocenters. The first-order valence-electron chi connectivity index (χ1n) is 11.0. The summed E-state index contributed by atoms with van der Waals surface area (Å²) in [6.07, 6.45) is 15.7. The summed E-state index contributed by atoms with van der Waals surface area (Å²) in [6, 6.07) is -0.587. The molecule has 2 amide bonds. The molecule has 0 radical (unpaired) electrons. The average Bonchev–Trinajstić information content (AvgIpc) is 3.24. The second kappa shape index (κ2) is 12.1. The van der Waals surface area contributed by atoms with Crippen LogP contribution in [0.5, 0.6) is 0 Å². The van der Waals surface area contributed by atoms with Crippen molar-refractivity contribution in [1.29, 1.82) is 0 Å². The maximum Gasteiger partial charge on any atom is 0.247 e. The van der Waals surface area contributed by atoms with Crippen LogP contribution in [0.1, 0.15) is 52.9 Å². The number of carbonyl (C=O) groups excluding carboxylic acids is 2. The molecule has 0 saturated heterocycles. The molecule has 1 saturated carbocycles. The van der Waals surface area contributed by atoms with Gasteiger partial charge in [-0.1, -0.05) is 61.8 Å². The van der Waals surface area contributed by atoms with Crippen LogP contribution in [-0.2, 0) is 16.1 Å². The van der Waals surface area contributed by atoms with E-state index in [9.17, 15) is 9.59 Å². The van der Waals surface area contributed by atoms with Crippen LogP contribution in [0.3, 0.4) is 0 Å². The second-order valence-corrected chi connectivity index (χ2v) is 8.41. The Kier molecular flexibility index (Phi) is 9.50. The number of hydrogen-bond donors (Lipinski definition) is 1. The van der Waals surface area contributed by atoms with E-state index >= 15 is 0 Å². The van der Waals surface area contributed by atoms with Gasteiger partial charge >= 0.3 is 0 Å². The number of carbonyl (C=O) groups is 2. The molecule has 1 N–H and O–H groups in total. The lowest BCUT2D eigenvalue weighted by Crippen LogP contribution is -2.54. The first-order chi connectivity index (χ1) is 14.9. The molecule has 1 aromatic rings. The maximum atomic E-state index is 13.6. The molecular weight excluding hydrogens is 388 g/mol. The minimum atomic E-state index is -0.742. The maximum absolute atomic E-state index is 13.6. The highest BCUT2D eigenvalue weighted by Gasteiger charge is 2.34. The van der Waals surface area contributed by atoms with Gasteiger partial charge in [0.2, 0.25) is 11.8 Å². The molecule has 6 nitrogen and oxygen atoms in total. The zero-order valence-electron chi connectivity index (χ0n) is 19.1. The van der Waals surface area contributed by atoms with Gasteiger partial charge in [-0.25, -0.2) is 4.98 Å². The Morgan fingerprint density at radius 1 is 1.23 bits per heavy atom. The summed E-state index contributed by atoms with van der Waals surface area (Å²) in [6.45, 7) is 14.0. The van der Waals surface area contributed by atoms with Crippen molar-refractivity contribution in [3.63, 3.8) is 0 Å². The van der Waals surface area contributed by atoms with Crippen LogP contribution in [0.2, 0.25) is 0 Å². The second-order valence-electron chi connectivity index (χ2n) is 8.41. The summed E-state index contributed by atoms with van der Waals surface area (Å²) in [5.74, 6) is -0.299. The lowest BCUT2D eigenvalue weighted by molar-refractivity contribution is -0.139. The van der Waals surface area contributed by atoms with E-state index < -0.39 is 6.04 Å². The Morgan fingerprint density at radius 3 is 2.48 bits per heavy atom. The van der Waals surface area contributed by atoms with Crippen molar-refractivity contribution in [3.8, 4) is 0 Å². The Hall–Kier alpha value is -2.89. The molecule has 0 spiro atoms. The number of nitrogens with one attached hydrogen (secondary N) is 1. The largest absolute Gasteiger partial charge is 0.351 e. The summed E-state index contributed by atoms with van der Waals surface area (Å²) in [4.78, 5) is 32.7. The third-order valence-electron chi connectivity index (χ3n) is 5.62. The predicted octanol–water partition coefficient (Wildman–Crippen LogP) is 4.18. The fourth-order valence-corrected chi connectivity index (χ4v) is 4.04. The van der Waals surface area contributed by atoms with Crippen LogP contribution < -0.4 is 5.32 Å². The van der Waals surface area contributed by atoms with E-state index in [1.807, 2.05) is 26.8 Å². The monoisotopic (exact) mass is 424 g/mol. The standard InChI is InChI=1S/C25H36N4O2/c1-6-11-20(5)16-29(23(30)17-28-15-14-26-18-28)24(22(7-2)19(3)4)25(31)27-21-12-9-8-10-13-21/h6-7,11,14-15,18,21,24H,1-2,8-10,12-13,16-17H2,3-5H3,(H,27,31). The SMILES string of the molecule is C=CC=C(C)CN(C(=O)Cn1ccnc1)C(C(=O)NC1CCCCC1)C(C=C)=C(C)C. The Labute approximate surface area is 186 Å². The fourth-order valence-electron chi connectivity index (χ4n) is 4.04. The van der Waals surface area contributed by atoms with Crippen LogP contribution in [0.4, 0.5) is 0 Å². The van der Waals surface area contributed by atoms with Crippen molar-refractivity contribution in [2.45, 2.75) is 71.5 Å². The Morgan fingerprint density at radius 2 is 1.94 bits per heavy atom. The van der Waals surface area contributed by atoms with Gasteiger partial charge in [0.05, 0.1) is 6.33 Å². The molecule has 168 valence electrons. The summed E-state index contributed by atoms with van der Waals surface area (Å²) in [5.41, 5.74) is 2.67. The van der Waals surface area contributed by atoms with E-state index in [-0.39, 0.29) is 24.4 Å². The van der Waals surface area contributed by atoms with Crippen molar-refractivity contribution >= 4 is 11.8 Å². The highest BCUT2D eigenvalue weighted by molar-refractivity contribution is 5.91. The minimum absolute atomic E-state index is 0.113. The molecule has 6 heteroatoms. The van der Waals surface area contributed by atoms with Crippen molar-refractivity contribution in [2.24, 2.45) is 0 Å². The average molecular weight is 425 g/mol. The molecule has 1 fully saturated rings. The van der Waals surface area contributed by atoms with Gasteiger partial charge in [-0.15, -0.1) is 0 Å². The summed E-state index contributed by atoms with van der Waals surface area (Å²) < 4.78 is 1.72. The van der Waals surface area contributed by atoms with Crippen molar-refractivity contribution < 1.29 is 9.59 Å². The molecule has 1 atom stereocenters. The highest BCUT2D eigenvalue weighted by atomic mass is 16.2. The summed E-state index contributed by atoms with van der Waals surface area (Å²) in [5, 5.41) is 3.21. The molecular formula is C25H36N4O2. The van der Waals surface area contributed by atoms with Crippen molar-refractivity contribution in [2.75, 3.05) is 6.54 Å². The number of rotatable bonds is 10. The predicted molar refractivity (Wildman–Crippen MR) is 125 cm³/mol. The van der Waals surface area contributed by atoms with Crippen molar-refractivity contribution in [3.05, 3.63) is 66.8 Å². The van der Waals surface area contributed by atoms with E-state index in [1.165, 1.54) is 6.42 Å². The van der Waals surface area contributed by atoms with E-state index in [2.05, 4.69) is 23.5 Å². The van der Waals surface area contributed by atoms with Gasteiger partial charge in [0.15, 0.2) is 0 Å². The number of hydrogen-bond acceptors (Lipinski definition) is 3. The van der Waals surface area contributed by atoms with Gasteiger partial charge < -0.3 is 14.8 Å². The zero-order chi connectivity index (χ0) is 22.8. The highest BCUT2D eigenvalue weighted by Crippen LogP contribution is 2.22. The lowest BCUT2D eigenvalue weighted by atomic mass is 9.94. The zero-order valence-corrected chi connectivity index (χ0v) is 19.1. The molecule has 1 aliphatic rings. The van der Waals surface area contributed by atoms with Crippen LogP contribution >= 0.6 is 0 Å². The molecule has 2 rings (SSSR count). The number of allylic oxidation sites excluding steroid dienone is 3. The van der Waals surface area contributed by atoms with Crippen molar-refractivity contribution in [1.82, 2.24) is 19.8 Å². The third kappa shape index (κ3) is 7.09. The number of nitrogens with zero attached hydrogens (tertiary/aromatic N) is 3. The molecule has 1 heterocycles. The van der Waals surface area contributed by atoms with Gasteiger partial charge in [-0.2, -0.15) is 0 Å². The number of amides is 2. The summed E-state index contributed by atoms with van der Waals surface area (Å²) in [7, 11) is 0. The molecule has 1 aromatic heterocycles. The van der Waals surface area contributed by atoms with Gasteiger partial charge in [0.1, 0.15) is 12.6 Å². The molecule has 1 aliphatic carbocycles. The molecule has 0 aliphatic heterocycles. The lowest BCUT2D eigenvalue weighted by Gasteiger charge is -2.34. The van der Waals surface area contributed by atoms with Crippen LogP contribution in [-0.4, -0.2) is 44.9 Å². The number of aromatic nitrogens is 2. The molecule has 0 aromatic carbocycles. The smallest absolute Gasteiger partial charge is 0.247 e. The number of imidazole rings is 1. The third-order valence-corrected chi connectivity index (χ3v) is 5.62. The van der Waals surface area contributed by atoms with Crippen LogP contribution in [0.25, 0.3) is 0 Å². The quantitative estimate of drug-likeness (QED) is 0.573. The fraction of sp³-hybridized carbons (Fsp3) is 0.480. The normalized spacial score (nSPS) is 15.6. The molecule has 0 bridgehead atoms. The Bertz CT molecular complexity index is 826. The summed E-state index contributed by atoms with van der Waals surface area (Å²) >= 11 is 0. The van der Waals surface area contributed by atoms with Gasteiger partial charge in [-0.05, 0) is 39.2 Å². The van der Waals surface area contributed by atoms with Gasteiger partial charge in [0, 0.05) is 25.0 Å². The van der Waals surface area contributed by atoms with Gasteiger partial charge in [-0.3, -0.25) is 9.59 Å². The van der Waals surface area contributed by atoms with Crippen LogP contribution in [0, 0.1) is 0 Å². The minimum Gasteiger partial charge on any atom is -0.351 e. The van der Waals surface area contributed by atoms with Gasteiger partial charge in [0.25, 0.3) is 0 Å². The first kappa shape index (κ1) is 24.4. The first-order valence-corrected chi connectivity index (χ1v) is 11.0. The molecule has 31 heavy (non-hydrogen) atoms. The van der Waals surface area contributed by atoms with E-state index in [4.69, 9.17) is 0 Å². The van der Waals surface area contributed by atoms with E-state index in [1.54, 1.807) is 40.3 Å². The van der Waals surface area contributed by atoms with Crippen LogP contribution in [0.15, 0.2) is 66.8 Å². The van der Waals surface area contributed by atoms with E-state index in [0.29, 0.717) is 6.54 Å².